The van der Waals surface area contributed by atoms with E-state index in [2.05, 4.69) is 20.9 Å². The number of nitrogens with zero attached hydrogens (tertiary/aromatic N) is 3. The van der Waals surface area contributed by atoms with Gasteiger partial charge in [-0.25, -0.2) is 9.67 Å². The Morgan fingerprint density at radius 1 is 0.926 bits per heavy atom. The van der Waals surface area contributed by atoms with Crippen LogP contribution in [0.25, 0.3) is 17.1 Å². The molecule has 7 nitrogen and oxygen atoms in total. The molecule has 136 valence electrons. The molecule has 0 radical (unpaired) electrons. The molecule has 3 aromatic rings. The van der Waals surface area contributed by atoms with E-state index in [0.29, 0.717) is 5.82 Å². The third-order valence-electron chi connectivity index (χ3n) is 4.62. The Morgan fingerprint density at radius 3 is 2.22 bits per heavy atom. The van der Waals surface area contributed by atoms with Crippen LogP contribution < -0.4 is 10.9 Å². The third-order valence-corrected chi connectivity index (χ3v) is 4.62. The highest BCUT2D eigenvalue weighted by molar-refractivity contribution is 5.93. The van der Waals surface area contributed by atoms with E-state index in [1.165, 1.54) is 0 Å². The van der Waals surface area contributed by atoms with Crippen LogP contribution in [0, 0.1) is 5.92 Å². The first-order valence-corrected chi connectivity index (χ1v) is 8.90. The summed E-state index contributed by atoms with van der Waals surface area (Å²) in [7, 11) is 0. The summed E-state index contributed by atoms with van der Waals surface area (Å²) in [6.07, 6.45) is 2.77. The molecule has 0 bridgehead atoms. The van der Waals surface area contributed by atoms with E-state index in [0.717, 1.165) is 30.5 Å². The minimum atomic E-state index is -0.547. The van der Waals surface area contributed by atoms with Crippen molar-refractivity contribution in [2.45, 2.75) is 19.3 Å². The Labute approximate surface area is 156 Å². The predicted molar refractivity (Wildman–Crippen MR) is 99.7 cm³/mol. The lowest BCUT2D eigenvalue weighted by molar-refractivity contribution is -0.128. The van der Waals surface area contributed by atoms with Crippen molar-refractivity contribution in [3.8, 4) is 17.1 Å². The third kappa shape index (κ3) is 3.57. The van der Waals surface area contributed by atoms with E-state index in [-0.39, 0.29) is 17.6 Å². The monoisotopic (exact) mass is 361 g/mol. The number of aromatic nitrogens is 3. The van der Waals surface area contributed by atoms with Crippen LogP contribution in [0.15, 0.2) is 60.7 Å². The SMILES string of the molecule is O=C(NNC(=O)C1CCC1)c1nc(-c2ccccc2)n(-c2ccccc2)n1. The van der Waals surface area contributed by atoms with Crippen molar-refractivity contribution in [1.29, 1.82) is 0 Å². The Balaban J connectivity index is 1.60. The number of para-hydroxylation sites is 1. The standard InChI is InChI=1S/C20H19N5O2/c26-19(15-10-7-11-15)22-23-20(27)17-21-18(14-8-3-1-4-9-14)25(24-17)16-12-5-2-6-13-16/h1-6,8-9,12-13,15H,7,10-11H2,(H,22,26)(H,23,27). The van der Waals surface area contributed by atoms with Gasteiger partial charge in [0.05, 0.1) is 5.69 Å². The van der Waals surface area contributed by atoms with Crippen molar-refractivity contribution in [3.05, 3.63) is 66.5 Å². The molecule has 2 N–H and O–H groups in total. The van der Waals surface area contributed by atoms with Gasteiger partial charge in [-0.05, 0) is 25.0 Å². The number of hydrogen-bond acceptors (Lipinski definition) is 4. The van der Waals surface area contributed by atoms with Crippen LogP contribution in [0.2, 0.25) is 0 Å². The van der Waals surface area contributed by atoms with Gasteiger partial charge in [0, 0.05) is 11.5 Å². The van der Waals surface area contributed by atoms with Crippen LogP contribution in [0.4, 0.5) is 0 Å². The normalized spacial score (nSPS) is 13.6. The fourth-order valence-electron chi connectivity index (χ4n) is 2.88. The molecule has 1 aromatic heterocycles. The number of hydrogen-bond donors (Lipinski definition) is 2. The zero-order valence-corrected chi connectivity index (χ0v) is 14.6. The highest BCUT2D eigenvalue weighted by Gasteiger charge is 2.26. The minimum absolute atomic E-state index is 0.00776. The summed E-state index contributed by atoms with van der Waals surface area (Å²) in [5, 5.41) is 4.36. The Morgan fingerprint density at radius 2 is 1.59 bits per heavy atom. The molecule has 1 heterocycles. The van der Waals surface area contributed by atoms with Gasteiger partial charge < -0.3 is 0 Å². The summed E-state index contributed by atoms with van der Waals surface area (Å²) < 4.78 is 1.62. The van der Waals surface area contributed by atoms with Crippen LogP contribution in [-0.2, 0) is 4.79 Å². The number of carbonyl (C=O) groups excluding carboxylic acids is 2. The van der Waals surface area contributed by atoms with Gasteiger partial charge in [-0.2, -0.15) is 0 Å². The largest absolute Gasteiger partial charge is 0.309 e. The summed E-state index contributed by atoms with van der Waals surface area (Å²) in [6.45, 7) is 0. The summed E-state index contributed by atoms with van der Waals surface area (Å²) in [4.78, 5) is 28.7. The molecule has 7 heteroatoms. The first-order chi connectivity index (χ1) is 13.2. The van der Waals surface area contributed by atoms with Crippen LogP contribution in [0.3, 0.4) is 0 Å². The molecular weight excluding hydrogens is 342 g/mol. The number of carbonyl (C=O) groups is 2. The average Bonchev–Trinajstić information content (AvgIpc) is 3.12. The van der Waals surface area contributed by atoms with E-state index in [4.69, 9.17) is 0 Å². The van der Waals surface area contributed by atoms with Gasteiger partial charge in [-0.1, -0.05) is 55.0 Å². The topological polar surface area (TPSA) is 88.9 Å². The van der Waals surface area contributed by atoms with E-state index in [1.54, 1.807) is 4.68 Å². The first kappa shape index (κ1) is 17.0. The van der Waals surface area contributed by atoms with Crippen LogP contribution in [-0.4, -0.2) is 26.6 Å². The molecular formula is C20H19N5O2. The Kier molecular flexibility index (Phi) is 4.65. The molecule has 4 rings (SSSR count). The van der Waals surface area contributed by atoms with Gasteiger partial charge >= 0.3 is 5.91 Å². The van der Waals surface area contributed by atoms with E-state index >= 15 is 0 Å². The Hall–Kier alpha value is -3.48. The fourth-order valence-corrected chi connectivity index (χ4v) is 2.88. The molecule has 0 saturated heterocycles. The molecule has 1 fully saturated rings. The van der Waals surface area contributed by atoms with Crippen LogP contribution >= 0.6 is 0 Å². The van der Waals surface area contributed by atoms with Gasteiger partial charge in [0.15, 0.2) is 5.82 Å². The Bertz CT molecular complexity index is 892. The fraction of sp³-hybridized carbons (Fsp3) is 0.200. The predicted octanol–water partition coefficient (Wildman–Crippen LogP) is 2.50. The van der Waals surface area contributed by atoms with E-state index in [9.17, 15) is 9.59 Å². The molecule has 0 aliphatic heterocycles. The molecule has 2 amide bonds. The summed E-state index contributed by atoms with van der Waals surface area (Å²) in [5.74, 6) is -0.182. The molecule has 0 atom stereocenters. The minimum Gasteiger partial charge on any atom is -0.273 e. The summed E-state index contributed by atoms with van der Waals surface area (Å²) >= 11 is 0. The highest BCUT2D eigenvalue weighted by Crippen LogP contribution is 2.26. The number of benzene rings is 2. The van der Waals surface area contributed by atoms with Crippen molar-refractivity contribution in [2.75, 3.05) is 0 Å². The second-order valence-electron chi connectivity index (χ2n) is 6.44. The summed E-state index contributed by atoms with van der Waals surface area (Å²) in [5.41, 5.74) is 6.51. The quantitative estimate of drug-likeness (QED) is 0.699. The highest BCUT2D eigenvalue weighted by atomic mass is 16.2. The second kappa shape index (κ2) is 7.41. The lowest BCUT2D eigenvalue weighted by Crippen LogP contribution is -2.46. The number of hydrazine groups is 1. The number of nitrogens with one attached hydrogen (secondary N) is 2. The van der Waals surface area contributed by atoms with Gasteiger partial charge in [0.2, 0.25) is 11.7 Å². The second-order valence-corrected chi connectivity index (χ2v) is 6.44. The molecule has 27 heavy (non-hydrogen) atoms. The maximum Gasteiger partial charge on any atom is 0.309 e. The summed E-state index contributed by atoms with van der Waals surface area (Å²) in [6, 6.07) is 19.0. The molecule has 1 aliphatic rings. The van der Waals surface area contributed by atoms with E-state index < -0.39 is 5.91 Å². The maximum atomic E-state index is 12.4. The van der Waals surface area contributed by atoms with Crippen molar-refractivity contribution in [1.82, 2.24) is 25.6 Å². The molecule has 0 spiro atoms. The zero-order valence-electron chi connectivity index (χ0n) is 14.6. The van der Waals surface area contributed by atoms with Gasteiger partial charge in [0.25, 0.3) is 0 Å². The van der Waals surface area contributed by atoms with Gasteiger partial charge in [-0.15, -0.1) is 5.10 Å². The average molecular weight is 361 g/mol. The van der Waals surface area contributed by atoms with Gasteiger partial charge in [-0.3, -0.25) is 20.4 Å². The van der Waals surface area contributed by atoms with Gasteiger partial charge in [0.1, 0.15) is 0 Å². The van der Waals surface area contributed by atoms with Crippen molar-refractivity contribution in [2.24, 2.45) is 5.92 Å². The molecule has 1 saturated carbocycles. The molecule has 2 aromatic carbocycles. The van der Waals surface area contributed by atoms with Crippen molar-refractivity contribution in [3.63, 3.8) is 0 Å². The van der Waals surface area contributed by atoms with Crippen molar-refractivity contribution < 1.29 is 9.59 Å². The number of amides is 2. The van der Waals surface area contributed by atoms with E-state index in [1.807, 2.05) is 60.7 Å². The smallest absolute Gasteiger partial charge is 0.273 e. The van der Waals surface area contributed by atoms with Crippen LogP contribution in [0.5, 0.6) is 0 Å². The van der Waals surface area contributed by atoms with Crippen LogP contribution in [0.1, 0.15) is 29.9 Å². The first-order valence-electron chi connectivity index (χ1n) is 8.90. The molecule has 0 unspecified atom stereocenters. The lowest BCUT2D eigenvalue weighted by Gasteiger charge is -2.23. The number of rotatable bonds is 4. The lowest BCUT2D eigenvalue weighted by atomic mass is 9.85. The van der Waals surface area contributed by atoms with Crippen molar-refractivity contribution >= 4 is 11.8 Å². The molecule has 1 aliphatic carbocycles. The maximum absolute atomic E-state index is 12.4. The zero-order chi connectivity index (χ0) is 18.6.